The van der Waals surface area contributed by atoms with Gasteiger partial charge in [0.25, 0.3) is 0 Å². The smallest absolute Gasteiger partial charge is 0.413 e. The number of anilines is 1. The lowest BCUT2D eigenvalue weighted by Gasteiger charge is -2.21. The summed E-state index contributed by atoms with van der Waals surface area (Å²) in [4.78, 5) is 33.9. The third kappa shape index (κ3) is 4.10. The minimum Gasteiger partial charge on any atom is -0.463 e. The maximum atomic E-state index is 12.9. The van der Waals surface area contributed by atoms with E-state index >= 15 is 0 Å². The second kappa shape index (κ2) is 8.32. The van der Waals surface area contributed by atoms with Crippen LogP contribution in [-0.2, 0) is 9.47 Å². The summed E-state index contributed by atoms with van der Waals surface area (Å²) in [5.74, 6) is 0.136. The summed E-state index contributed by atoms with van der Waals surface area (Å²) in [6, 6.07) is 8.50. The molecule has 1 amide bonds. The third-order valence-corrected chi connectivity index (χ3v) is 5.11. The molecule has 0 saturated carbocycles. The zero-order valence-corrected chi connectivity index (χ0v) is 15.6. The van der Waals surface area contributed by atoms with E-state index < -0.39 is 6.09 Å². The minimum absolute atomic E-state index is 0.187. The zero-order valence-electron chi connectivity index (χ0n) is 14.8. The molecule has 0 radical (unpaired) electrons. The number of ketones is 1. The first kappa shape index (κ1) is 18.3. The molecular weight excluding hydrogens is 382 g/mol. The van der Waals surface area contributed by atoms with Crippen LogP contribution in [0.25, 0.3) is 11.5 Å². The Morgan fingerprint density at radius 3 is 2.75 bits per heavy atom. The van der Waals surface area contributed by atoms with Crippen molar-refractivity contribution >= 4 is 28.3 Å². The van der Waals surface area contributed by atoms with Gasteiger partial charge in [0.05, 0.1) is 19.5 Å². The third-order valence-electron chi connectivity index (χ3n) is 4.14. The largest absolute Gasteiger partial charge is 0.463 e. The highest BCUT2D eigenvalue weighted by atomic mass is 32.1. The van der Waals surface area contributed by atoms with Gasteiger partial charge in [-0.05, 0) is 24.3 Å². The molecule has 8 nitrogen and oxygen atoms in total. The Labute approximate surface area is 164 Å². The van der Waals surface area contributed by atoms with E-state index in [4.69, 9.17) is 13.9 Å². The molecule has 3 aromatic rings. The normalized spacial score (nSPS) is 14.6. The number of amides is 1. The summed E-state index contributed by atoms with van der Waals surface area (Å²) in [6.45, 7) is 1.14. The summed E-state index contributed by atoms with van der Waals surface area (Å²) in [6.07, 6.45) is 3.57. The van der Waals surface area contributed by atoms with Gasteiger partial charge in [-0.2, -0.15) is 0 Å². The molecule has 28 heavy (non-hydrogen) atoms. The summed E-state index contributed by atoms with van der Waals surface area (Å²) >= 11 is 1.05. The van der Waals surface area contributed by atoms with Crippen molar-refractivity contribution in [3.8, 4) is 11.5 Å². The standard InChI is InChI=1S/C19H17N3O5S/c23-16(13-4-1-2-8-20-13)17-15(14-5-3-9-26-14)21-18(28-17)22-19(24)27-12-6-10-25-11-7-12/h1-5,8-9,12H,6-7,10-11H2,(H,21,22,24). The molecule has 144 valence electrons. The number of ether oxygens (including phenoxy) is 2. The summed E-state index contributed by atoms with van der Waals surface area (Å²) < 4.78 is 16.0. The first-order valence-corrected chi connectivity index (χ1v) is 9.58. The molecule has 1 fully saturated rings. The van der Waals surface area contributed by atoms with Gasteiger partial charge in [0.15, 0.2) is 10.9 Å². The van der Waals surface area contributed by atoms with Crippen molar-refractivity contribution in [2.75, 3.05) is 18.5 Å². The molecule has 0 atom stereocenters. The van der Waals surface area contributed by atoms with Gasteiger partial charge < -0.3 is 13.9 Å². The van der Waals surface area contributed by atoms with Crippen LogP contribution in [0.1, 0.15) is 28.2 Å². The molecule has 1 aliphatic heterocycles. The van der Waals surface area contributed by atoms with Crippen molar-refractivity contribution in [3.05, 3.63) is 53.4 Å². The van der Waals surface area contributed by atoms with E-state index in [0.717, 1.165) is 11.3 Å². The maximum absolute atomic E-state index is 12.9. The number of furan rings is 1. The molecule has 0 unspecified atom stereocenters. The zero-order chi connectivity index (χ0) is 19.3. The van der Waals surface area contributed by atoms with Gasteiger partial charge >= 0.3 is 6.09 Å². The van der Waals surface area contributed by atoms with Gasteiger partial charge in [0.1, 0.15) is 22.4 Å². The minimum atomic E-state index is -0.608. The van der Waals surface area contributed by atoms with Crippen LogP contribution in [0.3, 0.4) is 0 Å². The van der Waals surface area contributed by atoms with Crippen LogP contribution in [0, 0.1) is 0 Å². The second-order valence-corrected chi connectivity index (χ2v) is 7.06. The van der Waals surface area contributed by atoms with Gasteiger partial charge in [-0.3, -0.25) is 15.1 Å². The predicted molar refractivity (Wildman–Crippen MR) is 101 cm³/mol. The van der Waals surface area contributed by atoms with E-state index in [0.29, 0.717) is 42.4 Å². The lowest BCUT2D eigenvalue weighted by atomic mass is 10.1. The molecule has 9 heteroatoms. The molecule has 4 rings (SSSR count). The van der Waals surface area contributed by atoms with E-state index in [2.05, 4.69) is 15.3 Å². The first-order chi connectivity index (χ1) is 13.7. The SMILES string of the molecule is O=C(Nc1nc(-c2ccco2)c(C(=O)c2ccccn2)s1)OC1CCOCC1. The Hall–Kier alpha value is -3.04. The van der Waals surface area contributed by atoms with Gasteiger partial charge in [-0.25, -0.2) is 9.78 Å². The van der Waals surface area contributed by atoms with Crippen LogP contribution in [0.4, 0.5) is 9.93 Å². The number of pyridine rings is 1. The van der Waals surface area contributed by atoms with E-state index in [-0.39, 0.29) is 22.7 Å². The molecule has 0 spiro atoms. The number of carbonyl (C=O) groups is 2. The van der Waals surface area contributed by atoms with Crippen LogP contribution in [0.5, 0.6) is 0 Å². The monoisotopic (exact) mass is 399 g/mol. The van der Waals surface area contributed by atoms with Crippen molar-refractivity contribution in [1.29, 1.82) is 0 Å². The predicted octanol–water partition coefficient (Wildman–Crippen LogP) is 3.76. The Balaban J connectivity index is 1.57. The quantitative estimate of drug-likeness (QED) is 0.652. The van der Waals surface area contributed by atoms with E-state index in [9.17, 15) is 9.59 Å². The number of nitrogens with zero attached hydrogens (tertiary/aromatic N) is 2. The van der Waals surface area contributed by atoms with Crippen molar-refractivity contribution in [1.82, 2.24) is 9.97 Å². The Bertz CT molecular complexity index is 949. The van der Waals surface area contributed by atoms with Crippen molar-refractivity contribution in [3.63, 3.8) is 0 Å². The van der Waals surface area contributed by atoms with E-state index in [1.165, 1.54) is 6.26 Å². The number of rotatable bonds is 5. The fraction of sp³-hybridized carbons (Fsp3) is 0.263. The van der Waals surface area contributed by atoms with E-state index in [1.807, 2.05) is 0 Å². The number of nitrogens with one attached hydrogen (secondary N) is 1. The average molecular weight is 399 g/mol. The maximum Gasteiger partial charge on any atom is 0.413 e. The highest BCUT2D eigenvalue weighted by molar-refractivity contribution is 7.18. The molecule has 3 aromatic heterocycles. The van der Waals surface area contributed by atoms with Crippen LogP contribution >= 0.6 is 11.3 Å². The number of hydrogen-bond acceptors (Lipinski definition) is 8. The molecule has 0 bridgehead atoms. The molecule has 0 aromatic carbocycles. The molecule has 1 aliphatic rings. The number of carbonyl (C=O) groups excluding carboxylic acids is 2. The van der Waals surface area contributed by atoms with Gasteiger partial charge in [0, 0.05) is 19.0 Å². The average Bonchev–Trinajstić information content (AvgIpc) is 3.38. The summed E-state index contributed by atoms with van der Waals surface area (Å²) in [5.41, 5.74) is 0.641. The molecule has 1 saturated heterocycles. The highest BCUT2D eigenvalue weighted by Gasteiger charge is 2.25. The van der Waals surface area contributed by atoms with Crippen molar-refractivity contribution < 1.29 is 23.5 Å². The van der Waals surface area contributed by atoms with Gasteiger partial charge in [0.2, 0.25) is 5.78 Å². The van der Waals surface area contributed by atoms with Crippen molar-refractivity contribution in [2.45, 2.75) is 18.9 Å². The Morgan fingerprint density at radius 1 is 1.18 bits per heavy atom. The van der Waals surface area contributed by atoms with Crippen LogP contribution in [0.2, 0.25) is 0 Å². The molecular formula is C19H17N3O5S. The lowest BCUT2D eigenvalue weighted by molar-refractivity contribution is 0.00592. The number of thiazole rings is 1. The summed E-state index contributed by atoms with van der Waals surface area (Å²) in [7, 11) is 0. The second-order valence-electron chi connectivity index (χ2n) is 6.06. The first-order valence-electron chi connectivity index (χ1n) is 8.76. The van der Waals surface area contributed by atoms with Gasteiger partial charge in [-0.15, -0.1) is 0 Å². The topological polar surface area (TPSA) is 104 Å². The van der Waals surface area contributed by atoms with Crippen LogP contribution < -0.4 is 5.32 Å². The van der Waals surface area contributed by atoms with E-state index in [1.54, 1.807) is 36.5 Å². The lowest BCUT2D eigenvalue weighted by Crippen LogP contribution is -2.28. The molecule has 1 N–H and O–H groups in total. The number of aromatic nitrogens is 2. The Kier molecular flexibility index (Phi) is 5.45. The molecule has 4 heterocycles. The highest BCUT2D eigenvalue weighted by Crippen LogP contribution is 2.33. The van der Waals surface area contributed by atoms with Crippen LogP contribution in [-0.4, -0.2) is 41.2 Å². The molecule has 0 aliphatic carbocycles. The summed E-state index contributed by atoms with van der Waals surface area (Å²) in [5, 5.41) is 2.86. The van der Waals surface area contributed by atoms with Gasteiger partial charge in [-0.1, -0.05) is 17.4 Å². The fourth-order valence-corrected chi connectivity index (χ4v) is 3.69. The fourth-order valence-electron chi connectivity index (χ4n) is 2.78. The van der Waals surface area contributed by atoms with Crippen molar-refractivity contribution in [2.24, 2.45) is 0 Å². The Morgan fingerprint density at radius 2 is 2.04 bits per heavy atom. The van der Waals surface area contributed by atoms with Crippen LogP contribution in [0.15, 0.2) is 47.2 Å². The number of hydrogen-bond donors (Lipinski definition) is 1.